The van der Waals surface area contributed by atoms with Crippen LogP contribution in [0.2, 0.25) is 0 Å². The van der Waals surface area contributed by atoms with Gasteiger partial charge in [0.1, 0.15) is 0 Å². The van der Waals surface area contributed by atoms with E-state index in [-0.39, 0.29) is 0 Å². The minimum atomic E-state index is -0.639. The lowest BCUT2D eigenvalue weighted by molar-refractivity contribution is 0.452. The Morgan fingerprint density at radius 3 is 2.23 bits per heavy atom. The number of rotatable bonds is 6. The summed E-state index contributed by atoms with van der Waals surface area (Å²) in [6.07, 6.45) is 6.98. The van der Waals surface area contributed by atoms with Crippen LogP contribution < -0.4 is 0 Å². The molecule has 0 aromatic heterocycles. The molecule has 0 aromatic carbocycles. The van der Waals surface area contributed by atoms with Crippen LogP contribution in [-0.4, -0.2) is 28.4 Å². The molecule has 0 heterocycles. The molecule has 0 aliphatic rings. The Morgan fingerprint density at radius 1 is 1.38 bits per heavy atom. The van der Waals surface area contributed by atoms with Gasteiger partial charge in [-0.3, -0.25) is 0 Å². The summed E-state index contributed by atoms with van der Waals surface area (Å²) in [5, 5.41) is 0. The van der Waals surface area contributed by atoms with Crippen LogP contribution in [0.5, 0.6) is 0 Å². The maximum absolute atomic E-state index is 4.90. The van der Waals surface area contributed by atoms with Crippen molar-refractivity contribution in [1.29, 1.82) is 0 Å². The van der Waals surface area contributed by atoms with Crippen LogP contribution in [0.15, 0.2) is 0 Å². The smallest absolute Gasteiger partial charge is 0.309 e. The number of hydrogen-bond acceptors (Lipinski definition) is 0. The third-order valence-electron chi connectivity index (χ3n) is 2.11. The fourth-order valence-electron chi connectivity index (χ4n) is 1.31. The van der Waals surface area contributed by atoms with E-state index < -0.39 is 18.2 Å². The third-order valence-corrected chi connectivity index (χ3v) is 2.58. The monoisotopic (exact) mass is 251 g/mol. The van der Waals surface area contributed by atoms with Gasteiger partial charge in [-0.1, -0.05) is 52.0 Å². The summed E-state index contributed by atoms with van der Waals surface area (Å²) in [5.74, 6) is 0.998. The summed E-state index contributed by atoms with van der Waals surface area (Å²) in [7, 11) is 11.1. The number of halogens is 2. The lowest BCUT2D eigenvalue weighted by atomic mass is 9.97. The molecular weight excluding hydrogens is 231 g/mol. The molecule has 0 amide bonds. The predicted octanol–water partition coefficient (Wildman–Crippen LogP) is 3.12. The zero-order valence-corrected chi connectivity index (χ0v) is 14.1. The molecule has 0 aromatic rings. The van der Waals surface area contributed by atoms with Gasteiger partial charge in [0.05, 0.1) is 0 Å². The van der Waals surface area contributed by atoms with Crippen LogP contribution in [0.1, 0.15) is 46.0 Å². The van der Waals surface area contributed by atoms with Crippen molar-refractivity contribution in [1.82, 2.24) is 0 Å². The molecule has 0 bridgehead atoms. The third kappa shape index (κ3) is 16.3. The van der Waals surface area contributed by atoms with E-state index >= 15 is 0 Å². The summed E-state index contributed by atoms with van der Waals surface area (Å²) in [6, 6.07) is 2.43. The summed E-state index contributed by atoms with van der Waals surface area (Å²) >= 11 is -0.639. The highest BCUT2D eigenvalue weighted by Gasteiger charge is 2.02. The molecule has 13 heavy (non-hydrogen) atoms. The predicted molar refractivity (Wildman–Crippen MR) is 69.6 cm³/mol. The number of unbranched alkanes of at least 4 members (excludes halogenated alkanes) is 1. The second-order valence-corrected chi connectivity index (χ2v) is 6.60. The van der Waals surface area contributed by atoms with E-state index in [2.05, 4.69) is 19.9 Å². The molecule has 0 nitrogen and oxygen atoms in total. The van der Waals surface area contributed by atoms with Gasteiger partial charge < -0.3 is 18.1 Å². The van der Waals surface area contributed by atoms with Crippen LogP contribution >= 0.6 is 18.1 Å². The first-order valence-electron chi connectivity index (χ1n) is 5.16. The van der Waals surface area contributed by atoms with Gasteiger partial charge in [0.25, 0.3) is 0 Å². The highest BCUT2D eigenvalue weighted by Crippen LogP contribution is 2.16. The van der Waals surface area contributed by atoms with Gasteiger partial charge in [-0.2, -0.15) is 0 Å². The van der Waals surface area contributed by atoms with Crippen molar-refractivity contribution in [3.8, 4) is 0 Å². The average molecular weight is 253 g/mol. The van der Waals surface area contributed by atoms with Crippen LogP contribution in [0.3, 0.4) is 0 Å². The summed E-state index contributed by atoms with van der Waals surface area (Å²) in [5.41, 5.74) is 0. The van der Waals surface area contributed by atoms with Crippen molar-refractivity contribution in [2.75, 3.05) is 0 Å². The van der Waals surface area contributed by atoms with Gasteiger partial charge in [-0.15, -0.1) is 0 Å². The number of hydrogen-bond donors (Lipinski definition) is 0. The standard InChI is InChI=1S/C9H21Si.2ClH.Mg/c1-3-5-6-9(4-2)7-8-10;;;/h8-9H,3-7H2,1-2,10H3;2*1H;/q;;;+2/p-2. The minimum absolute atomic E-state index is 0.639. The summed E-state index contributed by atoms with van der Waals surface area (Å²) < 4.78 is 0. The van der Waals surface area contributed by atoms with Crippen molar-refractivity contribution in [2.45, 2.75) is 46.0 Å². The van der Waals surface area contributed by atoms with Crippen LogP contribution in [0, 0.1) is 12.0 Å². The van der Waals surface area contributed by atoms with Gasteiger partial charge in [-0.25, -0.2) is 0 Å². The van der Waals surface area contributed by atoms with E-state index in [0.717, 1.165) is 5.92 Å². The van der Waals surface area contributed by atoms with Gasteiger partial charge in [0, 0.05) is 10.2 Å². The largest absolute Gasteiger partial charge is 0.618 e. The fraction of sp³-hybridized carbons (Fsp3) is 0.889. The fourth-order valence-corrected chi connectivity index (χ4v) is 1.98. The molecule has 4 heteroatoms. The van der Waals surface area contributed by atoms with Crippen molar-refractivity contribution < 1.29 is 0 Å². The molecule has 0 aliphatic heterocycles. The van der Waals surface area contributed by atoms with Crippen molar-refractivity contribution >= 4 is 46.5 Å². The molecule has 0 fully saturated rings. The van der Waals surface area contributed by atoms with E-state index in [9.17, 15) is 0 Å². The van der Waals surface area contributed by atoms with Gasteiger partial charge >= 0.3 is 18.2 Å². The summed E-state index contributed by atoms with van der Waals surface area (Å²) in [4.78, 5) is 0. The Labute approximate surface area is 104 Å². The van der Waals surface area contributed by atoms with Crippen molar-refractivity contribution in [3.05, 3.63) is 6.04 Å². The molecule has 0 aliphatic carbocycles. The Balaban J connectivity index is 0. The molecular formula is C9H21Cl2MgSi. The van der Waals surface area contributed by atoms with Crippen LogP contribution in [-0.2, 0) is 0 Å². The Hall–Kier alpha value is 1.56. The van der Waals surface area contributed by atoms with Crippen LogP contribution in [0.25, 0.3) is 0 Å². The second-order valence-electron chi connectivity index (χ2n) is 3.16. The minimum Gasteiger partial charge on any atom is -0.309 e. The van der Waals surface area contributed by atoms with E-state index in [1.54, 1.807) is 0 Å². The quantitative estimate of drug-likeness (QED) is 0.637. The van der Waals surface area contributed by atoms with Gasteiger partial charge in [0.2, 0.25) is 0 Å². The Morgan fingerprint density at radius 2 is 1.92 bits per heavy atom. The first-order valence-corrected chi connectivity index (χ1v) is 10.6. The normalized spacial score (nSPS) is 11.4. The summed E-state index contributed by atoms with van der Waals surface area (Å²) in [6.45, 7) is 4.59. The molecule has 0 spiro atoms. The van der Waals surface area contributed by atoms with Gasteiger partial charge in [-0.05, 0) is 5.92 Å². The van der Waals surface area contributed by atoms with E-state index in [4.69, 9.17) is 18.1 Å². The molecule has 0 saturated carbocycles. The molecule has 0 rings (SSSR count). The highest BCUT2D eigenvalue weighted by molar-refractivity contribution is 7.22. The molecule has 1 radical (unpaired) electrons. The Kier molecular flexibility index (Phi) is 20.9. The van der Waals surface area contributed by atoms with E-state index in [0.29, 0.717) is 0 Å². The van der Waals surface area contributed by atoms with Crippen molar-refractivity contribution in [2.24, 2.45) is 5.92 Å². The first-order chi connectivity index (χ1) is 6.26. The lowest BCUT2D eigenvalue weighted by Crippen LogP contribution is -1.98. The average Bonchev–Trinajstić information content (AvgIpc) is 2.13. The highest BCUT2D eigenvalue weighted by atomic mass is 35.6. The van der Waals surface area contributed by atoms with Crippen LogP contribution in [0.4, 0.5) is 0 Å². The van der Waals surface area contributed by atoms with E-state index in [1.807, 2.05) is 0 Å². The topological polar surface area (TPSA) is 0 Å². The lowest BCUT2D eigenvalue weighted by Gasteiger charge is -2.11. The van der Waals surface area contributed by atoms with Gasteiger partial charge in [0.15, 0.2) is 0 Å². The molecule has 0 saturated heterocycles. The van der Waals surface area contributed by atoms with Crippen molar-refractivity contribution in [3.63, 3.8) is 0 Å². The molecule has 1 atom stereocenters. The van der Waals surface area contributed by atoms with E-state index in [1.165, 1.54) is 42.3 Å². The Bertz CT molecular complexity index is 84.0. The maximum atomic E-state index is 4.90. The molecule has 1 unspecified atom stereocenters. The molecule has 77 valence electrons. The molecule has 0 N–H and O–H groups in total. The zero-order valence-electron chi connectivity index (χ0n) is 9.15. The maximum Gasteiger partial charge on any atom is 0.618 e. The first kappa shape index (κ1) is 17.0. The second kappa shape index (κ2) is 16.0. The SMILES string of the molecule is CCCCC(CC)C[CH][SiH3].[Cl][Mg][Cl]. The zero-order chi connectivity index (χ0) is 10.5.